The summed E-state index contributed by atoms with van der Waals surface area (Å²) in [6.07, 6.45) is 3.40. The average molecular weight is 431 g/mol. The third kappa shape index (κ3) is 4.57. The molecular formula is C28H22N4O. The van der Waals surface area contributed by atoms with Crippen LogP contribution in [-0.4, -0.2) is 15.9 Å². The van der Waals surface area contributed by atoms with E-state index in [9.17, 15) is 4.79 Å². The van der Waals surface area contributed by atoms with Crippen LogP contribution in [0.4, 0.5) is 17.1 Å². The quantitative estimate of drug-likeness (QED) is 0.327. The van der Waals surface area contributed by atoms with E-state index >= 15 is 0 Å². The standard InChI is InChI=1S/C28H22N4O/c1-19(33)31-25-11-6-8-21(15-25)27-16-22(13-23-17-29-18-30-28(23)27)20-7-5-12-26(14-20)32-24-9-3-2-4-10-24/h2-18,32H,1H3,(H,31,33). The molecule has 0 unspecified atom stereocenters. The number of rotatable bonds is 5. The van der Waals surface area contributed by atoms with E-state index in [2.05, 4.69) is 50.9 Å². The van der Waals surface area contributed by atoms with E-state index < -0.39 is 0 Å². The highest BCUT2D eigenvalue weighted by molar-refractivity contribution is 5.98. The third-order valence-corrected chi connectivity index (χ3v) is 5.36. The highest BCUT2D eigenvalue weighted by Gasteiger charge is 2.11. The molecule has 0 spiro atoms. The summed E-state index contributed by atoms with van der Waals surface area (Å²) >= 11 is 0. The lowest BCUT2D eigenvalue weighted by atomic mass is 9.95. The van der Waals surface area contributed by atoms with Gasteiger partial charge in [0.25, 0.3) is 0 Å². The van der Waals surface area contributed by atoms with E-state index in [0.29, 0.717) is 0 Å². The van der Waals surface area contributed by atoms with Gasteiger partial charge < -0.3 is 10.6 Å². The van der Waals surface area contributed by atoms with E-state index in [-0.39, 0.29) is 5.91 Å². The van der Waals surface area contributed by atoms with Gasteiger partial charge in [0.05, 0.1) is 5.52 Å². The molecule has 0 radical (unpaired) electrons. The number of nitrogens with one attached hydrogen (secondary N) is 2. The maximum absolute atomic E-state index is 11.5. The fraction of sp³-hybridized carbons (Fsp3) is 0.0357. The second-order valence-corrected chi connectivity index (χ2v) is 7.82. The number of fused-ring (bicyclic) bond motifs is 1. The lowest BCUT2D eigenvalue weighted by Crippen LogP contribution is -2.05. The van der Waals surface area contributed by atoms with Crippen molar-refractivity contribution in [2.24, 2.45) is 0 Å². The first-order valence-corrected chi connectivity index (χ1v) is 10.7. The van der Waals surface area contributed by atoms with Crippen LogP contribution < -0.4 is 10.6 Å². The number of hydrogen-bond acceptors (Lipinski definition) is 4. The Labute approximate surface area is 192 Å². The first-order valence-electron chi connectivity index (χ1n) is 10.7. The first-order chi connectivity index (χ1) is 16.2. The molecule has 0 aliphatic heterocycles. The summed E-state index contributed by atoms with van der Waals surface area (Å²) in [6.45, 7) is 1.51. The van der Waals surface area contributed by atoms with Gasteiger partial charge in [-0.05, 0) is 65.2 Å². The van der Waals surface area contributed by atoms with Crippen molar-refractivity contribution in [1.82, 2.24) is 9.97 Å². The van der Waals surface area contributed by atoms with Crippen LogP contribution in [0.3, 0.4) is 0 Å². The van der Waals surface area contributed by atoms with Gasteiger partial charge in [-0.25, -0.2) is 9.97 Å². The predicted octanol–water partition coefficient (Wildman–Crippen LogP) is 6.67. The Morgan fingerprint density at radius 3 is 2.27 bits per heavy atom. The van der Waals surface area contributed by atoms with Gasteiger partial charge in [-0.15, -0.1) is 0 Å². The average Bonchev–Trinajstić information content (AvgIpc) is 2.84. The minimum atomic E-state index is -0.101. The normalized spacial score (nSPS) is 10.7. The lowest BCUT2D eigenvalue weighted by molar-refractivity contribution is -0.114. The molecule has 5 aromatic rings. The minimum Gasteiger partial charge on any atom is -0.356 e. The van der Waals surface area contributed by atoms with Gasteiger partial charge in [0, 0.05) is 41.1 Å². The van der Waals surface area contributed by atoms with Gasteiger partial charge in [-0.1, -0.05) is 42.5 Å². The smallest absolute Gasteiger partial charge is 0.221 e. The Kier molecular flexibility index (Phi) is 5.52. The Bertz CT molecular complexity index is 1450. The Morgan fingerprint density at radius 1 is 0.727 bits per heavy atom. The Balaban J connectivity index is 1.60. The molecule has 0 atom stereocenters. The van der Waals surface area contributed by atoms with Crippen molar-refractivity contribution in [2.75, 3.05) is 10.6 Å². The largest absolute Gasteiger partial charge is 0.356 e. The maximum Gasteiger partial charge on any atom is 0.221 e. The summed E-state index contributed by atoms with van der Waals surface area (Å²) in [6, 6.07) is 30.5. The number of nitrogens with zero attached hydrogens (tertiary/aromatic N) is 2. The molecule has 5 rings (SSSR count). The Hall–Kier alpha value is -4.51. The number of benzene rings is 4. The van der Waals surface area contributed by atoms with Gasteiger partial charge in [0.15, 0.2) is 0 Å². The number of anilines is 3. The van der Waals surface area contributed by atoms with Crippen molar-refractivity contribution >= 4 is 33.9 Å². The molecule has 0 aliphatic rings. The number of carbonyl (C=O) groups excluding carboxylic acids is 1. The zero-order valence-corrected chi connectivity index (χ0v) is 18.1. The van der Waals surface area contributed by atoms with Gasteiger partial charge in [0.2, 0.25) is 5.91 Å². The number of amides is 1. The number of carbonyl (C=O) groups is 1. The topological polar surface area (TPSA) is 66.9 Å². The number of hydrogen-bond donors (Lipinski definition) is 2. The van der Waals surface area contributed by atoms with Crippen molar-refractivity contribution in [3.05, 3.63) is 104 Å². The van der Waals surface area contributed by atoms with Crippen molar-refractivity contribution in [3.63, 3.8) is 0 Å². The predicted molar refractivity (Wildman–Crippen MR) is 134 cm³/mol. The molecule has 1 aromatic heterocycles. The first kappa shape index (κ1) is 20.4. The van der Waals surface area contributed by atoms with Crippen LogP contribution in [0.1, 0.15) is 6.92 Å². The van der Waals surface area contributed by atoms with Crippen molar-refractivity contribution in [2.45, 2.75) is 6.92 Å². The molecule has 0 saturated carbocycles. The molecule has 1 heterocycles. The Morgan fingerprint density at radius 2 is 1.45 bits per heavy atom. The molecule has 2 N–H and O–H groups in total. The van der Waals surface area contributed by atoms with Crippen LogP contribution in [0.5, 0.6) is 0 Å². The summed E-state index contributed by atoms with van der Waals surface area (Å²) in [5.41, 5.74) is 7.78. The van der Waals surface area contributed by atoms with E-state index in [1.165, 1.54) is 6.92 Å². The van der Waals surface area contributed by atoms with Gasteiger partial charge >= 0.3 is 0 Å². The van der Waals surface area contributed by atoms with Crippen molar-refractivity contribution < 1.29 is 4.79 Å². The van der Waals surface area contributed by atoms with Crippen LogP contribution >= 0.6 is 0 Å². The molecule has 0 saturated heterocycles. The van der Waals surface area contributed by atoms with E-state index in [1.807, 2.05) is 66.9 Å². The van der Waals surface area contributed by atoms with E-state index in [4.69, 9.17) is 0 Å². The summed E-state index contributed by atoms with van der Waals surface area (Å²) in [7, 11) is 0. The van der Waals surface area contributed by atoms with Crippen LogP contribution in [0, 0.1) is 0 Å². The second-order valence-electron chi connectivity index (χ2n) is 7.82. The van der Waals surface area contributed by atoms with Gasteiger partial charge in [-0.2, -0.15) is 0 Å². The molecular weight excluding hydrogens is 408 g/mol. The number of para-hydroxylation sites is 1. The van der Waals surface area contributed by atoms with Crippen molar-refractivity contribution in [3.8, 4) is 22.3 Å². The summed E-state index contributed by atoms with van der Waals surface area (Å²) in [5.74, 6) is -0.101. The van der Waals surface area contributed by atoms with Crippen molar-refractivity contribution in [1.29, 1.82) is 0 Å². The second kappa shape index (κ2) is 8.93. The van der Waals surface area contributed by atoms with Crippen LogP contribution in [-0.2, 0) is 4.79 Å². The van der Waals surface area contributed by atoms with Crippen LogP contribution in [0.25, 0.3) is 33.2 Å². The highest BCUT2D eigenvalue weighted by Crippen LogP contribution is 2.34. The zero-order chi connectivity index (χ0) is 22.6. The minimum absolute atomic E-state index is 0.101. The summed E-state index contributed by atoms with van der Waals surface area (Å²) < 4.78 is 0. The lowest BCUT2D eigenvalue weighted by Gasteiger charge is -2.13. The molecule has 5 heteroatoms. The highest BCUT2D eigenvalue weighted by atomic mass is 16.1. The molecule has 160 valence electrons. The molecule has 5 nitrogen and oxygen atoms in total. The summed E-state index contributed by atoms with van der Waals surface area (Å²) in [5, 5.41) is 7.27. The summed E-state index contributed by atoms with van der Waals surface area (Å²) in [4.78, 5) is 20.3. The fourth-order valence-electron chi connectivity index (χ4n) is 3.92. The van der Waals surface area contributed by atoms with Gasteiger partial charge in [0.1, 0.15) is 6.33 Å². The van der Waals surface area contributed by atoms with Crippen LogP contribution in [0.2, 0.25) is 0 Å². The zero-order valence-electron chi connectivity index (χ0n) is 18.1. The van der Waals surface area contributed by atoms with Gasteiger partial charge in [-0.3, -0.25) is 4.79 Å². The fourth-order valence-corrected chi connectivity index (χ4v) is 3.92. The molecule has 33 heavy (non-hydrogen) atoms. The third-order valence-electron chi connectivity index (χ3n) is 5.36. The molecule has 0 bridgehead atoms. The monoisotopic (exact) mass is 430 g/mol. The molecule has 0 aliphatic carbocycles. The SMILES string of the molecule is CC(=O)Nc1cccc(-c2cc(-c3cccc(Nc4ccccc4)c3)cc3cncnc23)c1. The molecule has 0 fully saturated rings. The maximum atomic E-state index is 11.5. The van der Waals surface area contributed by atoms with E-state index in [1.54, 1.807) is 6.33 Å². The molecule has 1 amide bonds. The molecule has 4 aromatic carbocycles. The van der Waals surface area contributed by atoms with Crippen LogP contribution in [0.15, 0.2) is 104 Å². The van der Waals surface area contributed by atoms with E-state index in [0.717, 1.165) is 50.2 Å². The number of aromatic nitrogens is 2.